The number of nitrogens with one attached hydrogen (secondary N) is 1. The molecular formula is C15H16BrNOS. The highest BCUT2D eigenvalue weighted by atomic mass is 79.9. The zero-order valence-electron chi connectivity index (χ0n) is 10.9. The van der Waals surface area contributed by atoms with Crippen LogP contribution >= 0.6 is 27.3 Å². The Hall–Kier alpha value is -1.13. The highest BCUT2D eigenvalue weighted by Crippen LogP contribution is 2.24. The third-order valence-corrected chi connectivity index (χ3v) is 4.26. The van der Waals surface area contributed by atoms with Gasteiger partial charge in [-0.1, -0.05) is 35.8 Å². The lowest BCUT2D eigenvalue weighted by molar-refractivity contribution is 0.0945. The van der Waals surface area contributed by atoms with Crippen molar-refractivity contribution in [3.8, 4) is 0 Å². The molecule has 1 amide bonds. The van der Waals surface area contributed by atoms with Gasteiger partial charge in [-0.15, -0.1) is 0 Å². The Balaban J connectivity index is 2.01. The van der Waals surface area contributed by atoms with E-state index in [2.05, 4.69) is 51.9 Å². The van der Waals surface area contributed by atoms with Crippen LogP contribution in [0, 0.1) is 0 Å². The highest BCUT2D eigenvalue weighted by molar-refractivity contribution is 9.10. The molecule has 1 aromatic carbocycles. The van der Waals surface area contributed by atoms with Crippen molar-refractivity contribution in [1.29, 1.82) is 0 Å². The number of rotatable bonds is 4. The summed E-state index contributed by atoms with van der Waals surface area (Å²) in [5, 5.41) is 7.19. The second kappa shape index (κ2) is 5.88. The van der Waals surface area contributed by atoms with Crippen molar-refractivity contribution in [3.05, 3.63) is 56.7 Å². The molecular weight excluding hydrogens is 322 g/mol. The van der Waals surface area contributed by atoms with Gasteiger partial charge in [-0.2, -0.15) is 11.3 Å². The van der Waals surface area contributed by atoms with E-state index in [-0.39, 0.29) is 11.3 Å². The van der Waals surface area contributed by atoms with E-state index in [9.17, 15) is 4.79 Å². The van der Waals surface area contributed by atoms with Gasteiger partial charge >= 0.3 is 0 Å². The summed E-state index contributed by atoms with van der Waals surface area (Å²) in [5.41, 5.74) is 1.88. The first kappa shape index (κ1) is 14.3. The van der Waals surface area contributed by atoms with E-state index in [1.165, 1.54) is 5.56 Å². The van der Waals surface area contributed by atoms with Crippen LogP contribution in [-0.4, -0.2) is 12.5 Å². The van der Waals surface area contributed by atoms with Crippen molar-refractivity contribution in [1.82, 2.24) is 5.32 Å². The topological polar surface area (TPSA) is 29.1 Å². The first-order valence-corrected chi connectivity index (χ1v) is 7.79. The maximum Gasteiger partial charge on any atom is 0.251 e. The number of benzene rings is 1. The molecule has 1 N–H and O–H groups in total. The molecule has 0 radical (unpaired) electrons. The number of carbonyl (C=O) groups excluding carboxylic acids is 1. The normalized spacial score (nSPS) is 11.3. The first-order chi connectivity index (χ1) is 8.99. The molecule has 0 aliphatic heterocycles. The number of hydrogen-bond donors (Lipinski definition) is 1. The zero-order valence-corrected chi connectivity index (χ0v) is 13.3. The molecule has 0 saturated carbocycles. The Morgan fingerprint density at radius 3 is 2.79 bits per heavy atom. The van der Waals surface area contributed by atoms with E-state index in [0.29, 0.717) is 12.1 Å². The quantitative estimate of drug-likeness (QED) is 0.889. The van der Waals surface area contributed by atoms with Crippen LogP contribution in [0.4, 0.5) is 0 Å². The predicted molar refractivity (Wildman–Crippen MR) is 83.8 cm³/mol. The van der Waals surface area contributed by atoms with Crippen LogP contribution < -0.4 is 5.32 Å². The minimum Gasteiger partial charge on any atom is -0.351 e. The fraction of sp³-hybridized carbons (Fsp3) is 0.267. The van der Waals surface area contributed by atoms with Gasteiger partial charge in [-0.25, -0.2) is 0 Å². The summed E-state index contributed by atoms with van der Waals surface area (Å²) in [4.78, 5) is 12.1. The standard InChI is InChI=1S/C15H16BrNOS/c1-15(2,12-6-7-19-9-12)10-17-14(18)11-4-3-5-13(16)8-11/h3-9H,10H2,1-2H3,(H,17,18). The second-order valence-corrected chi connectivity index (χ2v) is 6.78. The maximum atomic E-state index is 12.1. The average Bonchev–Trinajstić information content (AvgIpc) is 2.90. The number of amides is 1. The van der Waals surface area contributed by atoms with Crippen molar-refractivity contribution in [2.24, 2.45) is 0 Å². The lowest BCUT2D eigenvalue weighted by atomic mass is 9.86. The fourth-order valence-electron chi connectivity index (χ4n) is 1.78. The molecule has 0 bridgehead atoms. The SMILES string of the molecule is CC(C)(CNC(=O)c1cccc(Br)c1)c1ccsc1. The van der Waals surface area contributed by atoms with Gasteiger partial charge in [0.2, 0.25) is 0 Å². The van der Waals surface area contributed by atoms with Crippen molar-refractivity contribution < 1.29 is 4.79 Å². The molecule has 2 aromatic rings. The van der Waals surface area contributed by atoms with Gasteiger partial charge in [0, 0.05) is 22.0 Å². The number of thiophene rings is 1. The summed E-state index contributed by atoms with van der Waals surface area (Å²) in [6.07, 6.45) is 0. The summed E-state index contributed by atoms with van der Waals surface area (Å²) in [6, 6.07) is 9.52. The van der Waals surface area contributed by atoms with E-state index in [4.69, 9.17) is 0 Å². The molecule has 0 aliphatic carbocycles. The largest absolute Gasteiger partial charge is 0.351 e. The molecule has 0 spiro atoms. The summed E-state index contributed by atoms with van der Waals surface area (Å²) in [6.45, 7) is 4.89. The van der Waals surface area contributed by atoms with Crippen LogP contribution in [0.15, 0.2) is 45.6 Å². The van der Waals surface area contributed by atoms with Crippen LogP contribution in [0.25, 0.3) is 0 Å². The van der Waals surface area contributed by atoms with Gasteiger partial charge in [-0.05, 0) is 40.6 Å². The van der Waals surface area contributed by atoms with E-state index in [1.54, 1.807) is 11.3 Å². The summed E-state index contributed by atoms with van der Waals surface area (Å²) < 4.78 is 0.914. The molecule has 1 heterocycles. The van der Waals surface area contributed by atoms with E-state index in [1.807, 2.05) is 24.3 Å². The third kappa shape index (κ3) is 3.67. The van der Waals surface area contributed by atoms with Gasteiger partial charge in [-0.3, -0.25) is 4.79 Å². The number of carbonyl (C=O) groups is 1. The molecule has 2 rings (SSSR count). The van der Waals surface area contributed by atoms with E-state index >= 15 is 0 Å². The third-order valence-electron chi connectivity index (χ3n) is 3.08. The van der Waals surface area contributed by atoms with Crippen LogP contribution in [0.2, 0.25) is 0 Å². The van der Waals surface area contributed by atoms with Gasteiger partial charge in [0.15, 0.2) is 0 Å². The Morgan fingerprint density at radius 2 is 2.16 bits per heavy atom. The maximum absolute atomic E-state index is 12.1. The second-order valence-electron chi connectivity index (χ2n) is 5.09. The first-order valence-electron chi connectivity index (χ1n) is 6.05. The van der Waals surface area contributed by atoms with Crippen LogP contribution in [0.1, 0.15) is 29.8 Å². The minimum absolute atomic E-state index is 0.0374. The smallest absolute Gasteiger partial charge is 0.251 e. The predicted octanol–water partition coefficient (Wildman–Crippen LogP) is 4.22. The molecule has 0 fully saturated rings. The highest BCUT2D eigenvalue weighted by Gasteiger charge is 2.22. The Kier molecular flexibility index (Phi) is 4.42. The molecule has 0 aliphatic rings. The van der Waals surface area contributed by atoms with E-state index in [0.717, 1.165) is 4.47 Å². The molecule has 4 heteroatoms. The number of hydrogen-bond acceptors (Lipinski definition) is 2. The van der Waals surface area contributed by atoms with Gasteiger partial charge in [0.05, 0.1) is 0 Å². The van der Waals surface area contributed by atoms with Gasteiger partial charge < -0.3 is 5.32 Å². The van der Waals surface area contributed by atoms with E-state index < -0.39 is 0 Å². The molecule has 0 atom stereocenters. The number of halogens is 1. The van der Waals surface area contributed by atoms with Gasteiger partial charge in [0.25, 0.3) is 5.91 Å². The molecule has 2 nitrogen and oxygen atoms in total. The lowest BCUT2D eigenvalue weighted by Crippen LogP contribution is -2.36. The molecule has 19 heavy (non-hydrogen) atoms. The van der Waals surface area contributed by atoms with Crippen molar-refractivity contribution >= 4 is 33.2 Å². The Labute approximate surface area is 126 Å². The van der Waals surface area contributed by atoms with Crippen molar-refractivity contribution in [3.63, 3.8) is 0 Å². The Bertz CT molecular complexity index is 563. The fourth-order valence-corrected chi connectivity index (χ4v) is 3.03. The summed E-state index contributed by atoms with van der Waals surface area (Å²) in [7, 11) is 0. The average molecular weight is 338 g/mol. The van der Waals surface area contributed by atoms with Gasteiger partial charge in [0.1, 0.15) is 0 Å². The summed E-state index contributed by atoms with van der Waals surface area (Å²) >= 11 is 5.05. The molecule has 0 saturated heterocycles. The van der Waals surface area contributed by atoms with Crippen LogP contribution in [0.3, 0.4) is 0 Å². The van der Waals surface area contributed by atoms with Crippen LogP contribution in [0.5, 0.6) is 0 Å². The van der Waals surface area contributed by atoms with Crippen molar-refractivity contribution in [2.45, 2.75) is 19.3 Å². The van der Waals surface area contributed by atoms with Crippen LogP contribution in [-0.2, 0) is 5.41 Å². The minimum atomic E-state index is -0.0539. The Morgan fingerprint density at radius 1 is 1.37 bits per heavy atom. The molecule has 1 aromatic heterocycles. The lowest BCUT2D eigenvalue weighted by Gasteiger charge is -2.24. The zero-order chi connectivity index (χ0) is 13.9. The summed E-state index contributed by atoms with van der Waals surface area (Å²) in [5.74, 6) is -0.0374. The monoisotopic (exact) mass is 337 g/mol. The molecule has 100 valence electrons. The van der Waals surface area contributed by atoms with Crippen molar-refractivity contribution in [2.75, 3.05) is 6.54 Å². The molecule has 0 unspecified atom stereocenters.